The van der Waals surface area contributed by atoms with Crippen LogP contribution in [0.5, 0.6) is 0 Å². The molecule has 6 nitrogen and oxygen atoms in total. The number of nitrogens with zero attached hydrogens (tertiary/aromatic N) is 1. The largest absolute Gasteiger partial charge is 0.456 e. The van der Waals surface area contributed by atoms with E-state index in [0.29, 0.717) is 5.92 Å². The average molecular weight is 396 g/mol. The summed E-state index contributed by atoms with van der Waals surface area (Å²) < 4.78 is 29.5. The van der Waals surface area contributed by atoms with E-state index in [0.717, 1.165) is 31.2 Å². The summed E-state index contributed by atoms with van der Waals surface area (Å²) >= 11 is 0. The molecule has 1 saturated carbocycles. The molecule has 0 aliphatic heterocycles. The summed E-state index contributed by atoms with van der Waals surface area (Å²) in [5.74, 6) is -0.563. The molecular formula is C20H29NO5S. The summed E-state index contributed by atoms with van der Waals surface area (Å²) in [6.45, 7) is 3.74. The van der Waals surface area contributed by atoms with E-state index < -0.39 is 15.8 Å². The van der Waals surface area contributed by atoms with Gasteiger partial charge in [0.25, 0.3) is 5.91 Å². The predicted molar refractivity (Wildman–Crippen MR) is 103 cm³/mol. The van der Waals surface area contributed by atoms with Crippen LogP contribution in [0.2, 0.25) is 0 Å². The third-order valence-corrected chi connectivity index (χ3v) is 6.97. The number of carbonyl (C=O) groups excluding carboxylic acids is 2. The van der Waals surface area contributed by atoms with Gasteiger partial charge in [0.15, 0.2) is 16.4 Å². The standard InChI is InChI=1S/C20H29NO5S/c1-15-4-8-17(9-5-15)21(3)19(22)14-26-20(23)12-13-27(24,25)18-10-6-16(2)7-11-18/h6-7,10-11,15,17H,4-5,8-9,12-14H2,1-3H3. The molecule has 0 bridgehead atoms. The highest BCUT2D eigenvalue weighted by Crippen LogP contribution is 2.26. The van der Waals surface area contributed by atoms with Gasteiger partial charge in [-0.3, -0.25) is 9.59 Å². The van der Waals surface area contributed by atoms with Gasteiger partial charge >= 0.3 is 5.97 Å². The molecule has 1 aliphatic carbocycles. The molecule has 27 heavy (non-hydrogen) atoms. The molecule has 150 valence electrons. The molecule has 0 saturated heterocycles. The molecule has 0 atom stereocenters. The van der Waals surface area contributed by atoms with Crippen molar-refractivity contribution in [2.45, 2.75) is 56.9 Å². The van der Waals surface area contributed by atoms with Gasteiger partial charge in [-0.15, -0.1) is 0 Å². The van der Waals surface area contributed by atoms with E-state index in [1.807, 2.05) is 6.92 Å². The molecule has 0 aromatic heterocycles. The Labute approximate surface area is 161 Å². The van der Waals surface area contributed by atoms with Crippen molar-refractivity contribution >= 4 is 21.7 Å². The van der Waals surface area contributed by atoms with Gasteiger partial charge in [-0.25, -0.2) is 8.42 Å². The number of carbonyl (C=O) groups is 2. The topological polar surface area (TPSA) is 80.7 Å². The zero-order valence-electron chi connectivity index (χ0n) is 16.3. The van der Waals surface area contributed by atoms with E-state index in [2.05, 4.69) is 6.92 Å². The Hall–Kier alpha value is -1.89. The van der Waals surface area contributed by atoms with Crippen molar-refractivity contribution in [1.29, 1.82) is 0 Å². The number of ether oxygens (including phenoxy) is 1. The number of likely N-dealkylation sites (N-methyl/N-ethyl adjacent to an activating group) is 1. The van der Waals surface area contributed by atoms with E-state index in [-0.39, 0.29) is 35.6 Å². The summed E-state index contributed by atoms with van der Waals surface area (Å²) in [4.78, 5) is 25.9. The smallest absolute Gasteiger partial charge is 0.307 e. The van der Waals surface area contributed by atoms with Gasteiger partial charge in [-0.2, -0.15) is 0 Å². The van der Waals surface area contributed by atoms with Gasteiger partial charge in [0, 0.05) is 13.1 Å². The molecule has 1 fully saturated rings. The monoisotopic (exact) mass is 395 g/mol. The SMILES string of the molecule is Cc1ccc(S(=O)(=O)CCC(=O)OCC(=O)N(C)C2CCC(C)CC2)cc1. The van der Waals surface area contributed by atoms with Crippen molar-refractivity contribution in [1.82, 2.24) is 4.90 Å². The van der Waals surface area contributed by atoms with Crippen molar-refractivity contribution in [3.05, 3.63) is 29.8 Å². The first-order chi connectivity index (χ1) is 12.7. The van der Waals surface area contributed by atoms with Crippen LogP contribution in [0.3, 0.4) is 0 Å². The summed E-state index contributed by atoms with van der Waals surface area (Å²) in [6, 6.07) is 6.67. The maximum absolute atomic E-state index is 12.2. The molecule has 1 aromatic carbocycles. The first-order valence-electron chi connectivity index (χ1n) is 9.40. The van der Waals surface area contributed by atoms with Crippen LogP contribution in [-0.4, -0.2) is 50.6 Å². The Morgan fingerprint density at radius 2 is 1.70 bits per heavy atom. The molecule has 0 heterocycles. The lowest BCUT2D eigenvalue weighted by molar-refractivity contribution is -0.152. The minimum absolute atomic E-state index is 0.184. The Morgan fingerprint density at radius 1 is 1.11 bits per heavy atom. The fraction of sp³-hybridized carbons (Fsp3) is 0.600. The average Bonchev–Trinajstić information content (AvgIpc) is 2.65. The first kappa shape index (κ1) is 21.4. The number of hydrogen-bond acceptors (Lipinski definition) is 5. The Bertz CT molecular complexity index is 749. The number of aryl methyl sites for hydroxylation is 1. The fourth-order valence-electron chi connectivity index (χ4n) is 3.23. The van der Waals surface area contributed by atoms with Gasteiger partial charge in [-0.05, 0) is 50.7 Å². The number of rotatable bonds is 7. The lowest BCUT2D eigenvalue weighted by atomic mass is 9.87. The van der Waals surface area contributed by atoms with E-state index in [9.17, 15) is 18.0 Å². The third kappa shape index (κ3) is 6.34. The Balaban J connectivity index is 1.77. The van der Waals surface area contributed by atoms with Crippen LogP contribution in [0, 0.1) is 12.8 Å². The zero-order valence-corrected chi connectivity index (χ0v) is 17.1. The second-order valence-corrected chi connectivity index (χ2v) is 9.57. The van der Waals surface area contributed by atoms with Gasteiger partial charge in [0.1, 0.15) is 0 Å². The lowest BCUT2D eigenvalue weighted by Crippen LogP contribution is -2.41. The Kier molecular flexibility index (Phi) is 7.41. The Morgan fingerprint density at radius 3 is 2.30 bits per heavy atom. The fourth-order valence-corrected chi connectivity index (χ4v) is 4.45. The van der Waals surface area contributed by atoms with Crippen molar-refractivity contribution in [2.24, 2.45) is 5.92 Å². The van der Waals surface area contributed by atoms with Crippen LogP contribution in [0.1, 0.15) is 44.6 Å². The van der Waals surface area contributed by atoms with Gasteiger partial charge in [0.05, 0.1) is 17.1 Å². The minimum atomic E-state index is -3.55. The number of amides is 1. The maximum Gasteiger partial charge on any atom is 0.307 e. The first-order valence-corrected chi connectivity index (χ1v) is 11.0. The minimum Gasteiger partial charge on any atom is -0.456 e. The van der Waals surface area contributed by atoms with E-state index in [1.54, 1.807) is 24.1 Å². The molecule has 7 heteroatoms. The van der Waals surface area contributed by atoms with Crippen molar-refractivity contribution in [3.8, 4) is 0 Å². The summed E-state index contributed by atoms with van der Waals surface area (Å²) in [5, 5.41) is 0. The second kappa shape index (κ2) is 9.35. The number of benzene rings is 1. The molecule has 0 radical (unpaired) electrons. The summed E-state index contributed by atoms with van der Waals surface area (Å²) in [5.41, 5.74) is 0.961. The summed E-state index contributed by atoms with van der Waals surface area (Å²) in [7, 11) is -1.81. The molecule has 1 amide bonds. The normalized spacial score (nSPS) is 20.1. The van der Waals surface area contributed by atoms with Gasteiger partial charge in [0.2, 0.25) is 0 Å². The van der Waals surface area contributed by atoms with Crippen LogP contribution in [0.25, 0.3) is 0 Å². The third-order valence-electron chi connectivity index (χ3n) is 5.24. The molecule has 1 aliphatic rings. The van der Waals surface area contributed by atoms with Gasteiger partial charge in [-0.1, -0.05) is 24.6 Å². The quantitative estimate of drug-likeness (QED) is 0.663. The van der Waals surface area contributed by atoms with E-state index in [1.165, 1.54) is 12.1 Å². The van der Waals surface area contributed by atoms with Crippen LogP contribution >= 0.6 is 0 Å². The summed E-state index contributed by atoms with van der Waals surface area (Å²) in [6.07, 6.45) is 3.85. The molecule has 1 aromatic rings. The second-order valence-electron chi connectivity index (χ2n) is 7.46. The highest BCUT2D eigenvalue weighted by molar-refractivity contribution is 7.91. The van der Waals surface area contributed by atoms with Gasteiger partial charge < -0.3 is 9.64 Å². The predicted octanol–water partition coefficient (Wildman–Crippen LogP) is 2.74. The highest BCUT2D eigenvalue weighted by Gasteiger charge is 2.25. The van der Waals surface area contributed by atoms with Crippen LogP contribution in [0.4, 0.5) is 0 Å². The van der Waals surface area contributed by atoms with Crippen LogP contribution in [-0.2, 0) is 24.2 Å². The number of esters is 1. The van der Waals surface area contributed by atoms with Crippen molar-refractivity contribution in [2.75, 3.05) is 19.4 Å². The molecular weight excluding hydrogens is 366 g/mol. The van der Waals surface area contributed by atoms with Crippen molar-refractivity contribution < 1.29 is 22.7 Å². The molecule has 0 N–H and O–H groups in total. The zero-order chi connectivity index (χ0) is 20.0. The maximum atomic E-state index is 12.2. The number of hydrogen-bond donors (Lipinski definition) is 0. The van der Waals surface area contributed by atoms with Crippen molar-refractivity contribution in [3.63, 3.8) is 0 Å². The molecule has 0 unspecified atom stereocenters. The number of sulfone groups is 1. The molecule has 2 rings (SSSR count). The van der Waals surface area contributed by atoms with Crippen LogP contribution < -0.4 is 0 Å². The van der Waals surface area contributed by atoms with Crippen LogP contribution in [0.15, 0.2) is 29.2 Å². The van der Waals surface area contributed by atoms with E-state index in [4.69, 9.17) is 4.74 Å². The van der Waals surface area contributed by atoms with E-state index >= 15 is 0 Å². The molecule has 0 spiro atoms. The lowest BCUT2D eigenvalue weighted by Gasteiger charge is -2.33. The highest BCUT2D eigenvalue weighted by atomic mass is 32.2.